The lowest BCUT2D eigenvalue weighted by molar-refractivity contribution is -0.140. The molecule has 0 unspecified atom stereocenters. The number of rotatable bonds is 3. The molecule has 1 amide bonds. The van der Waals surface area contributed by atoms with E-state index in [1.54, 1.807) is 12.1 Å². The average Bonchev–Trinajstić information content (AvgIpc) is 2.78. The maximum Gasteiger partial charge on any atom is 0.260 e. The Balaban J connectivity index is 1.58. The van der Waals surface area contributed by atoms with Gasteiger partial charge in [0, 0.05) is 31.1 Å². The molecular weight excluding hydrogens is 385 g/mol. The van der Waals surface area contributed by atoms with Crippen LogP contribution in [0.5, 0.6) is 5.75 Å². The highest BCUT2D eigenvalue weighted by Gasteiger charge is 2.36. The molecule has 2 fully saturated rings. The average molecular weight is 416 g/mol. The first kappa shape index (κ1) is 21.1. The van der Waals surface area contributed by atoms with Crippen molar-refractivity contribution in [1.29, 1.82) is 5.26 Å². The number of hydrogen-bond donors (Lipinski definition) is 1. The number of piperidine rings is 1. The summed E-state index contributed by atoms with van der Waals surface area (Å²) >= 11 is 0. The van der Waals surface area contributed by atoms with Crippen LogP contribution in [-0.4, -0.2) is 55.3 Å². The monoisotopic (exact) mass is 415 g/mol. The number of halogens is 1. The zero-order chi connectivity index (χ0) is 20.9. The molecule has 1 N–H and O–H groups in total. The minimum absolute atomic E-state index is 0.0843. The van der Waals surface area contributed by atoms with Gasteiger partial charge >= 0.3 is 0 Å². The molecule has 7 heteroatoms. The number of carbonyl (C=O) groups is 1. The van der Waals surface area contributed by atoms with Crippen molar-refractivity contribution in [2.45, 2.75) is 69.1 Å². The van der Waals surface area contributed by atoms with Gasteiger partial charge in [0.1, 0.15) is 11.6 Å². The highest BCUT2D eigenvalue weighted by Crippen LogP contribution is 2.40. The van der Waals surface area contributed by atoms with Crippen LogP contribution in [0.4, 0.5) is 4.39 Å². The Morgan fingerprint density at radius 1 is 1.23 bits per heavy atom. The summed E-state index contributed by atoms with van der Waals surface area (Å²) in [6, 6.07) is 7.07. The summed E-state index contributed by atoms with van der Waals surface area (Å²) in [6.45, 7) is 1.64. The number of hydrogen-bond acceptors (Lipinski definition) is 5. The molecule has 1 saturated heterocycles. The first-order valence-electron chi connectivity index (χ1n) is 11.1. The highest BCUT2D eigenvalue weighted by molar-refractivity contribution is 5.78. The summed E-state index contributed by atoms with van der Waals surface area (Å²) in [4.78, 5) is 14.9. The van der Waals surface area contributed by atoms with E-state index in [9.17, 15) is 9.18 Å². The topological polar surface area (TPSA) is 74.6 Å². The minimum Gasteiger partial charge on any atom is -0.483 e. The molecule has 0 spiro atoms. The predicted octanol–water partition coefficient (Wildman–Crippen LogP) is 3.12. The van der Waals surface area contributed by atoms with Crippen molar-refractivity contribution in [3.05, 3.63) is 29.6 Å². The lowest BCUT2D eigenvalue weighted by Crippen LogP contribution is -2.59. The zero-order valence-corrected chi connectivity index (χ0v) is 17.3. The Labute approximate surface area is 177 Å². The summed E-state index contributed by atoms with van der Waals surface area (Å²) in [7, 11) is 0. The van der Waals surface area contributed by atoms with Crippen LogP contribution < -0.4 is 10.1 Å². The fourth-order valence-electron chi connectivity index (χ4n) is 5.14. The third-order valence-electron chi connectivity index (χ3n) is 6.69. The minimum atomic E-state index is -0.253. The molecule has 0 radical (unpaired) electrons. The van der Waals surface area contributed by atoms with Gasteiger partial charge in [-0.2, -0.15) is 5.26 Å². The second-order valence-electron chi connectivity index (χ2n) is 8.51. The van der Waals surface area contributed by atoms with Gasteiger partial charge < -0.3 is 19.7 Å². The number of benzene rings is 1. The lowest BCUT2D eigenvalue weighted by atomic mass is 9.82. The van der Waals surface area contributed by atoms with Crippen LogP contribution in [-0.2, 0) is 9.53 Å². The molecule has 1 saturated carbocycles. The number of ether oxygens (including phenoxy) is 2. The van der Waals surface area contributed by atoms with E-state index in [1.165, 1.54) is 6.07 Å². The number of amides is 1. The van der Waals surface area contributed by atoms with Gasteiger partial charge in [0.25, 0.3) is 5.91 Å². The Hall–Kier alpha value is -2.17. The number of nitrogens with zero attached hydrogens (tertiary/aromatic N) is 2. The van der Waals surface area contributed by atoms with Crippen LogP contribution in [0.1, 0.15) is 56.4 Å². The first-order valence-corrected chi connectivity index (χ1v) is 11.1. The van der Waals surface area contributed by atoms with E-state index in [2.05, 4.69) is 11.4 Å². The van der Waals surface area contributed by atoms with Gasteiger partial charge in [-0.15, -0.1) is 0 Å². The maximum atomic E-state index is 14.7. The smallest absolute Gasteiger partial charge is 0.260 e. The molecule has 1 aliphatic carbocycles. The van der Waals surface area contributed by atoms with Crippen molar-refractivity contribution in [1.82, 2.24) is 10.2 Å². The molecule has 3 heterocycles. The predicted molar refractivity (Wildman–Crippen MR) is 110 cm³/mol. The molecule has 0 aromatic heterocycles. The first-order chi connectivity index (χ1) is 14.7. The van der Waals surface area contributed by atoms with E-state index in [0.29, 0.717) is 37.4 Å². The SMILES string of the molecule is N#CCCN[C@@H]1CCCN2C(=O)COc3cccc(F)c3C3CCC(CC3)OC[C@@H]12. The summed E-state index contributed by atoms with van der Waals surface area (Å²) in [6.07, 6.45) is 5.89. The standard InChI is InChI=1S/C23H30FN3O3/c24-18-4-1-6-21-23(18)16-7-9-17(10-8-16)29-14-20-19(26-12-3-11-25)5-2-13-27(20)22(28)15-30-21/h1,4,6,16-17,19-20,26H,2-3,5,7-10,12-15H2/t16?,17?,19-,20+/m1/s1. The molecule has 2 bridgehead atoms. The molecule has 5 rings (SSSR count). The van der Waals surface area contributed by atoms with Crippen LogP contribution in [0.25, 0.3) is 0 Å². The van der Waals surface area contributed by atoms with Gasteiger partial charge in [-0.3, -0.25) is 4.79 Å². The van der Waals surface area contributed by atoms with Crippen molar-refractivity contribution in [2.24, 2.45) is 0 Å². The Morgan fingerprint density at radius 2 is 2.07 bits per heavy atom. The van der Waals surface area contributed by atoms with Gasteiger partial charge in [-0.1, -0.05) is 6.07 Å². The molecule has 162 valence electrons. The number of nitrogens with one attached hydrogen (secondary N) is 1. The van der Waals surface area contributed by atoms with Gasteiger partial charge in [-0.05, 0) is 56.6 Å². The van der Waals surface area contributed by atoms with E-state index in [0.717, 1.165) is 38.5 Å². The lowest BCUT2D eigenvalue weighted by Gasteiger charge is -2.42. The van der Waals surface area contributed by atoms with Crippen molar-refractivity contribution < 1.29 is 18.7 Å². The second-order valence-corrected chi connectivity index (χ2v) is 8.51. The summed E-state index contributed by atoms with van der Waals surface area (Å²) in [5.41, 5.74) is 0.606. The summed E-state index contributed by atoms with van der Waals surface area (Å²) in [5.74, 6) is 0.234. The normalized spacial score (nSPS) is 29.5. The fourth-order valence-corrected chi connectivity index (χ4v) is 5.14. The third-order valence-corrected chi connectivity index (χ3v) is 6.69. The molecule has 6 nitrogen and oxygen atoms in total. The van der Waals surface area contributed by atoms with Gasteiger partial charge in [0.05, 0.1) is 24.8 Å². The van der Waals surface area contributed by atoms with Crippen LogP contribution in [0.3, 0.4) is 0 Å². The largest absolute Gasteiger partial charge is 0.483 e. The molecule has 30 heavy (non-hydrogen) atoms. The van der Waals surface area contributed by atoms with Crippen molar-refractivity contribution in [2.75, 3.05) is 26.3 Å². The van der Waals surface area contributed by atoms with Gasteiger partial charge in [0.2, 0.25) is 0 Å². The number of carbonyl (C=O) groups excluding carboxylic acids is 1. The van der Waals surface area contributed by atoms with Crippen LogP contribution in [0.2, 0.25) is 0 Å². The second kappa shape index (κ2) is 9.76. The molecule has 4 aliphatic rings. The molecule has 2 atom stereocenters. The Morgan fingerprint density at radius 3 is 2.87 bits per heavy atom. The van der Waals surface area contributed by atoms with Gasteiger partial charge in [0.15, 0.2) is 6.61 Å². The Bertz CT molecular complexity index is 788. The molecule has 1 aromatic rings. The van der Waals surface area contributed by atoms with Crippen molar-refractivity contribution in [3.8, 4) is 11.8 Å². The van der Waals surface area contributed by atoms with Crippen LogP contribution >= 0.6 is 0 Å². The van der Waals surface area contributed by atoms with E-state index < -0.39 is 0 Å². The van der Waals surface area contributed by atoms with Crippen LogP contribution in [0.15, 0.2) is 18.2 Å². The van der Waals surface area contributed by atoms with E-state index in [-0.39, 0.29) is 42.4 Å². The molecule has 3 aliphatic heterocycles. The van der Waals surface area contributed by atoms with Crippen molar-refractivity contribution >= 4 is 5.91 Å². The zero-order valence-electron chi connectivity index (χ0n) is 17.3. The summed E-state index contributed by atoms with van der Waals surface area (Å²) < 4.78 is 26.8. The molecular formula is C23H30FN3O3. The van der Waals surface area contributed by atoms with Crippen LogP contribution in [0, 0.1) is 17.1 Å². The summed E-state index contributed by atoms with van der Waals surface area (Å²) in [5, 5.41) is 12.3. The third kappa shape index (κ3) is 4.60. The number of nitriles is 1. The van der Waals surface area contributed by atoms with E-state index in [4.69, 9.17) is 14.7 Å². The van der Waals surface area contributed by atoms with E-state index in [1.807, 2.05) is 4.90 Å². The Kier molecular flexibility index (Phi) is 6.86. The molecule has 1 aromatic carbocycles. The number of fused-ring (bicyclic) bond motifs is 5. The fraction of sp³-hybridized carbons (Fsp3) is 0.652. The van der Waals surface area contributed by atoms with E-state index >= 15 is 0 Å². The maximum absolute atomic E-state index is 14.7. The van der Waals surface area contributed by atoms with Gasteiger partial charge in [-0.25, -0.2) is 4.39 Å². The highest BCUT2D eigenvalue weighted by atomic mass is 19.1. The van der Waals surface area contributed by atoms with Crippen molar-refractivity contribution in [3.63, 3.8) is 0 Å². The quantitative estimate of drug-likeness (QED) is 0.768.